The molecular formula is H12O18P6W. The first-order valence-electron chi connectivity index (χ1n) is 3.50. The van der Waals surface area contributed by atoms with Crippen LogP contribution in [-0.2, 0) is 48.5 Å². The molecule has 0 fully saturated rings. The molecule has 0 aliphatic heterocycles. The van der Waals surface area contributed by atoms with Gasteiger partial charge in [0.1, 0.15) is 0 Å². The second-order valence-electron chi connectivity index (χ2n) is 1.52. The van der Waals surface area contributed by atoms with Gasteiger partial charge in [-0.3, -0.25) is 0 Å². The van der Waals surface area contributed by atoms with Gasteiger partial charge in [-0.15, -0.1) is 0 Å². The van der Waals surface area contributed by atoms with E-state index in [1.54, 1.807) is 0 Å². The Hall–Kier alpha value is 1.59. The molecule has 25 heteroatoms. The largest absolute Gasteiger partial charge is 6.00 e. The van der Waals surface area contributed by atoms with Crippen molar-refractivity contribution in [3.05, 3.63) is 0 Å². The summed E-state index contributed by atoms with van der Waals surface area (Å²) in [6.07, 6.45) is 0. The zero-order chi connectivity index (χ0) is 21.5. The Morgan fingerprint density at radius 1 is 0.280 bits per heavy atom. The second-order valence-corrected chi connectivity index (χ2v) is 4.55. The summed E-state index contributed by atoms with van der Waals surface area (Å²) in [5.41, 5.74) is 0. The predicted octanol–water partition coefficient (Wildman–Crippen LogP) is -2.23. The number of hydrogen-bond acceptors (Lipinski definition) is 6. The van der Waals surface area contributed by atoms with Gasteiger partial charge in [-0.1, -0.05) is 0 Å². The molecule has 0 aromatic heterocycles. The molecule has 0 saturated heterocycles. The van der Waals surface area contributed by atoms with Crippen LogP contribution in [-0.4, -0.2) is 58.7 Å². The van der Waals surface area contributed by atoms with Crippen LogP contribution < -0.4 is 0 Å². The molecule has 0 unspecified atom stereocenters. The summed E-state index contributed by atoms with van der Waals surface area (Å²) in [6.45, 7) is 0. The van der Waals surface area contributed by atoms with E-state index in [9.17, 15) is 0 Å². The molecule has 0 rings (SSSR count). The van der Waals surface area contributed by atoms with Crippen LogP contribution in [0.4, 0.5) is 0 Å². The van der Waals surface area contributed by atoms with Crippen molar-refractivity contribution in [2.24, 2.45) is 0 Å². The van der Waals surface area contributed by atoms with Crippen LogP contribution in [0, 0.1) is 0 Å². The molecule has 0 aliphatic rings. The Balaban J connectivity index is -0.0000000309. The summed E-state index contributed by atoms with van der Waals surface area (Å²) in [4.78, 5) is 85.4. The molecule has 0 heterocycles. The third-order valence-corrected chi connectivity index (χ3v) is 0. The molecule has 0 aromatic carbocycles. The maximum absolute atomic E-state index is 8.70. The quantitative estimate of drug-likeness (QED) is 0.121. The van der Waals surface area contributed by atoms with Crippen molar-refractivity contribution in [3.8, 4) is 0 Å². The molecule has 0 radical (unpaired) electrons. The number of rotatable bonds is 0. The molecular weight excluding hydrogens is 658 g/mol. The third kappa shape index (κ3) is 5640. The Kier molecular flexibility index (Phi) is 73.2. The van der Waals surface area contributed by atoms with Crippen molar-refractivity contribution in [2.45, 2.75) is 0 Å². The third-order valence-electron chi connectivity index (χ3n) is 0. The van der Waals surface area contributed by atoms with Crippen molar-refractivity contribution in [1.82, 2.24) is 0 Å². The van der Waals surface area contributed by atoms with Crippen LogP contribution in [0.1, 0.15) is 0 Å². The van der Waals surface area contributed by atoms with Gasteiger partial charge in [-0.25, -0.2) is 0 Å². The normalized spacial score (nSPS) is 8.40. The minimum atomic E-state index is -2.87. The molecule has 12 N–H and O–H groups in total. The fourth-order valence-electron chi connectivity index (χ4n) is 0. The molecule has 0 amide bonds. The topological polar surface area (TPSA) is 345 Å². The van der Waals surface area contributed by atoms with Crippen molar-refractivity contribution in [3.63, 3.8) is 0 Å². The van der Waals surface area contributed by atoms with Gasteiger partial charge in [-0.2, -0.15) is 0 Å². The minimum absolute atomic E-state index is 0. The van der Waals surface area contributed by atoms with Gasteiger partial charge in [-0.05, 0) is 0 Å². The van der Waals surface area contributed by atoms with Gasteiger partial charge < -0.3 is 86.1 Å². The summed E-state index contributed by atoms with van der Waals surface area (Å²) < 4.78 is 52.2. The standard InChI is InChI=1S/6H2O3P.W/c6*1-4(2)3;/h6*(H2,1,2,3);/q6*-1;+6. The Morgan fingerprint density at radius 2 is 0.280 bits per heavy atom. The Bertz CT molecular complexity index is 257. The zero-order valence-electron chi connectivity index (χ0n) is 10.9. The molecule has 25 heavy (non-hydrogen) atoms. The van der Waals surface area contributed by atoms with E-state index in [0.717, 1.165) is 0 Å². The maximum Gasteiger partial charge on any atom is 6.00 e. The average Bonchev–Trinajstić information content (AvgIpc) is 2.08. The van der Waals surface area contributed by atoms with E-state index in [1.165, 1.54) is 0 Å². The summed E-state index contributed by atoms with van der Waals surface area (Å²) >= 11 is 0. The van der Waals surface area contributed by atoms with Gasteiger partial charge in [0.05, 0.1) is 49.5 Å². The first-order chi connectivity index (χ1) is 10.4. The summed E-state index contributed by atoms with van der Waals surface area (Å²) in [5, 5.41) is 0. The van der Waals surface area contributed by atoms with Gasteiger partial charge in [0.15, 0.2) is 0 Å². The summed E-state index contributed by atoms with van der Waals surface area (Å²) in [6, 6.07) is 0. The summed E-state index contributed by atoms with van der Waals surface area (Å²) in [7, 11) is -17.2. The summed E-state index contributed by atoms with van der Waals surface area (Å²) in [5.74, 6) is 0. The van der Waals surface area contributed by atoms with E-state index >= 15 is 0 Å². The Labute approximate surface area is 157 Å². The molecule has 0 aromatic rings. The molecule has 156 valence electrons. The van der Waals surface area contributed by atoms with E-state index in [0.29, 0.717) is 0 Å². The number of hydrogen-bond donors (Lipinski definition) is 12. The second kappa shape index (κ2) is 40.3. The first kappa shape index (κ1) is 45.4. The van der Waals surface area contributed by atoms with Crippen LogP contribution >= 0.6 is 49.5 Å². The van der Waals surface area contributed by atoms with Gasteiger partial charge >= 0.3 is 21.1 Å². The van der Waals surface area contributed by atoms with E-state index in [1.807, 2.05) is 0 Å². The van der Waals surface area contributed by atoms with Crippen LogP contribution in [0.2, 0.25) is 0 Å². The SMILES string of the molecule is O=[P-](O)O.O=[P-](O)O.O=[P-](O)O.O=[P-](O)O.O=[P-](O)O.O=[P-](O)O.[W+6]. The van der Waals surface area contributed by atoms with Crippen LogP contribution in [0.15, 0.2) is 0 Å². The predicted molar refractivity (Wildman–Crippen MR) is 72.3 cm³/mol. The van der Waals surface area contributed by atoms with Crippen molar-refractivity contribution in [1.29, 1.82) is 0 Å². The average molecular weight is 670 g/mol. The molecule has 0 atom stereocenters. The van der Waals surface area contributed by atoms with Crippen molar-refractivity contribution in [2.75, 3.05) is 0 Å². The fraction of sp³-hybridized carbons (Fsp3) is 0. The molecule has 0 bridgehead atoms. The van der Waals surface area contributed by atoms with Gasteiger partial charge in [0.2, 0.25) is 0 Å². The molecule has 18 nitrogen and oxygen atoms in total. The molecule has 0 saturated carbocycles. The molecule has 0 spiro atoms. The smallest absolute Gasteiger partial charge is 0.485 e. The van der Waals surface area contributed by atoms with Crippen LogP contribution in [0.3, 0.4) is 0 Å². The van der Waals surface area contributed by atoms with Gasteiger partial charge in [0, 0.05) is 0 Å². The van der Waals surface area contributed by atoms with Gasteiger partial charge in [0.25, 0.3) is 0 Å². The Morgan fingerprint density at radius 3 is 0.280 bits per heavy atom. The van der Waals surface area contributed by atoms with E-state index in [-0.39, 0.29) is 21.1 Å². The van der Waals surface area contributed by atoms with E-state index in [4.69, 9.17) is 86.1 Å². The van der Waals surface area contributed by atoms with Crippen LogP contribution in [0.25, 0.3) is 0 Å². The zero-order valence-corrected chi connectivity index (χ0v) is 19.2. The fourth-order valence-corrected chi connectivity index (χ4v) is 0. The first-order valence-corrected chi connectivity index (χ1v) is 10.5. The minimum Gasteiger partial charge on any atom is -0.485 e. The van der Waals surface area contributed by atoms with E-state index < -0.39 is 49.5 Å². The van der Waals surface area contributed by atoms with E-state index in [2.05, 4.69) is 0 Å². The van der Waals surface area contributed by atoms with Crippen molar-refractivity contribution < 1.29 is 107 Å². The van der Waals surface area contributed by atoms with Crippen LogP contribution in [0.5, 0.6) is 0 Å². The monoisotopic (exact) mass is 670 g/mol. The molecule has 0 aliphatic carbocycles. The maximum atomic E-state index is 8.70. The van der Waals surface area contributed by atoms with Crippen molar-refractivity contribution >= 4 is 49.5 Å².